The van der Waals surface area contributed by atoms with Crippen LogP contribution in [0.3, 0.4) is 0 Å². The molecule has 0 bridgehead atoms. The van der Waals surface area contributed by atoms with Crippen LogP contribution in [0.2, 0.25) is 0 Å². The molecule has 0 aliphatic rings. The standard InChI is InChI=1S/Co.Li.H3O4P.V.H/c;;1-5(2,3)4;;/h;;(H3,1,2,3,4);;/q;+1;;;-1. The molecule has 0 spiro atoms. The van der Waals surface area contributed by atoms with Crippen LogP contribution in [0.4, 0.5) is 0 Å². The third-order valence-corrected chi connectivity index (χ3v) is 0. The molecule has 2 radical (unpaired) electrons. The molecule has 8 heavy (non-hydrogen) atoms. The monoisotopic (exact) mass is 216 g/mol. The Morgan fingerprint density at radius 1 is 1.25 bits per heavy atom. The SMILES string of the molecule is O=P(O)(O)O.[Co].[H-].[Li+].[V]. The van der Waals surface area contributed by atoms with Gasteiger partial charge in [0.2, 0.25) is 0 Å². The smallest absolute Gasteiger partial charge is 1.00 e. The van der Waals surface area contributed by atoms with Gasteiger partial charge in [0.05, 0.1) is 0 Å². The number of hydrogen-bond acceptors (Lipinski definition) is 1. The van der Waals surface area contributed by atoms with E-state index in [4.69, 9.17) is 19.2 Å². The van der Waals surface area contributed by atoms with E-state index in [9.17, 15) is 0 Å². The van der Waals surface area contributed by atoms with Gasteiger partial charge in [0.25, 0.3) is 0 Å². The van der Waals surface area contributed by atoms with Crippen molar-refractivity contribution >= 4 is 7.82 Å². The van der Waals surface area contributed by atoms with Crippen LogP contribution >= 0.6 is 7.82 Å². The summed E-state index contributed by atoms with van der Waals surface area (Å²) in [5.74, 6) is 0. The molecular formula is H4CoLiO4PV. The van der Waals surface area contributed by atoms with E-state index in [1.165, 1.54) is 0 Å². The second kappa shape index (κ2) is 8.80. The normalized spacial score (nSPS) is 7.38. The molecule has 8 heteroatoms. The molecule has 0 aromatic heterocycles. The fourth-order valence-electron chi connectivity index (χ4n) is 0. The van der Waals surface area contributed by atoms with Crippen molar-refractivity contribution in [3.63, 3.8) is 0 Å². The Bertz CT molecular complexity index is 66.7. The van der Waals surface area contributed by atoms with E-state index in [-0.39, 0.29) is 55.6 Å². The quantitative estimate of drug-likeness (QED) is 0.286. The van der Waals surface area contributed by atoms with Crippen LogP contribution in [0.15, 0.2) is 0 Å². The van der Waals surface area contributed by atoms with E-state index in [0.717, 1.165) is 0 Å². The first-order chi connectivity index (χ1) is 2.00. The largest absolute Gasteiger partial charge is 1.00 e. The molecule has 0 unspecified atom stereocenters. The van der Waals surface area contributed by atoms with Crippen LogP contribution in [-0.2, 0) is 39.9 Å². The molecular weight excluding hydrogens is 212 g/mol. The zero-order valence-electron chi connectivity index (χ0n) is 4.98. The summed E-state index contributed by atoms with van der Waals surface area (Å²) in [6.07, 6.45) is 0. The third kappa shape index (κ3) is 111. The van der Waals surface area contributed by atoms with E-state index in [1.54, 1.807) is 0 Å². The molecule has 0 heterocycles. The van der Waals surface area contributed by atoms with Crippen molar-refractivity contribution in [1.82, 2.24) is 0 Å². The van der Waals surface area contributed by atoms with Crippen molar-refractivity contribution < 1.29 is 74.9 Å². The van der Waals surface area contributed by atoms with Gasteiger partial charge in [-0.15, -0.1) is 0 Å². The number of rotatable bonds is 0. The summed E-state index contributed by atoms with van der Waals surface area (Å²) in [4.78, 5) is 21.6. The first-order valence-corrected chi connectivity index (χ1v) is 2.35. The van der Waals surface area contributed by atoms with Gasteiger partial charge in [-0.25, -0.2) is 4.57 Å². The zero-order chi connectivity index (χ0) is 4.50. The molecule has 0 aromatic carbocycles. The molecule has 3 N–H and O–H groups in total. The van der Waals surface area contributed by atoms with Gasteiger partial charge in [-0.05, 0) is 0 Å². The average molecular weight is 216 g/mol. The Hall–Kier alpha value is 1.80. The van der Waals surface area contributed by atoms with E-state index in [1.807, 2.05) is 0 Å². The fraction of sp³-hybridized carbons (Fsp3) is 0. The summed E-state index contributed by atoms with van der Waals surface area (Å²) in [5.41, 5.74) is 0. The summed E-state index contributed by atoms with van der Waals surface area (Å²) in [5, 5.41) is 0. The molecule has 0 aromatic rings. The average Bonchev–Trinajstić information content (AvgIpc) is 0.722. The number of hydrogen-bond donors (Lipinski definition) is 3. The maximum Gasteiger partial charge on any atom is 1.00 e. The molecule has 0 aliphatic heterocycles. The second-order valence-electron chi connectivity index (χ2n) is 0.513. The van der Waals surface area contributed by atoms with Gasteiger partial charge in [-0.1, -0.05) is 0 Å². The zero-order valence-corrected chi connectivity index (χ0v) is 7.31. The first kappa shape index (κ1) is 22.6. The van der Waals surface area contributed by atoms with Crippen molar-refractivity contribution in [2.45, 2.75) is 0 Å². The predicted octanol–water partition coefficient (Wildman–Crippen LogP) is -3.82. The van der Waals surface area contributed by atoms with Crippen LogP contribution < -0.4 is 18.9 Å². The van der Waals surface area contributed by atoms with Gasteiger partial charge >= 0.3 is 26.7 Å². The van der Waals surface area contributed by atoms with Gasteiger partial charge in [0, 0.05) is 35.3 Å². The van der Waals surface area contributed by atoms with Crippen molar-refractivity contribution in [2.75, 3.05) is 0 Å². The molecule has 0 fully saturated rings. The molecule has 4 nitrogen and oxygen atoms in total. The molecule has 0 amide bonds. The topological polar surface area (TPSA) is 77.8 Å². The maximum atomic E-state index is 8.88. The van der Waals surface area contributed by atoms with Gasteiger partial charge in [-0.2, -0.15) is 0 Å². The van der Waals surface area contributed by atoms with Crippen LogP contribution in [-0.4, -0.2) is 14.7 Å². The summed E-state index contributed by atoms with van der Waals surface area (Å²) < 4.78 is 8.88. The minimum atomic E-state index is -4.64. The van der Waals surface area contributed by atoms with Crippen LogP contribution in [0.5, 0.6) is 0 Å². The molecule has 0 saturated carbocycles. The minimum Gasteiger partial charge on any atom is -1.00 e. The Morgan fingerprint density at radius 3 is 1.25 bits per heavy atom. The van der Waals surface area contributed by atoms with Crippen molar-refractivity contribution in [3.05, 3.63) is 0 Å². The van der Waals surface area contributed by atoms with E-state index < -0.39 is 7.82 Å². The van der Waals surface area contributed by atoms with Gasteiger partial charge in [0.15, 0.2) is 0 Å². The molecule has 0 rings (SSSR count). The maximum absolute atomic E-state index is 8.88. The Balaban J connectivity index is -0.0000000133. The Labute approximate surface area is 82.4 Å². The summed E-state index contributed by atoms with van der Waals surface area (Å²) in [6.45, 7) is 0. The van der Waals surface area contributed by atoms with Gasteiger partial charge in [0.1, 0.15) is 0 Å². The van der Waals surface area contributed by atoms with Gasteiger partial charge < -0.3 is 16.1 Å². The van der Waals surface area contributed by atoms with Crippen molar-refractivity contribution in [3.8, 4) is 0 Å². The molecule has 0 aliphatic carbocycles. The van der Waals surface area contributed by atoms with Crippen LogP contribution in [0, 0.1) is 0 Å². The first-order valence-electron chi connectivity index (χ1n) is 0.783. The molecule has 0 saturated heterocycles. The van der Waals surface area contributed by atoms with Crippen LogP contribution in [0.25, 0.3) is 0 Å². The summed E-state index contributed by atoms with van der Waals surface area (Å²) >= 11 is 0. The molecule has 48 valence electrons. The molecule has 0 atom stereocenters. The minimum absolute atomic E-state index is 0. The summed E-state index contributed by atoms with van der Waals surface area (Å²) in [6, 6.07) is 0. The third-order valence-electron chi connectivity index (χ3n) is 0. The summed E-state index contributed by atoms with van der Waals surface area (Å²) in [7, 11) is -4.64. The second-order valence-corrected chi connectivity index (χ2v) is 1.54. The predicted molar refractivity (Wildman–Crippen MR) is 15.4 cm³/mol. The Kier molecular flexibility index (Phi) is 24.8. The van der Waals surface area contributed by atoms with Crippen LogP contribution in [0.1, 0.15) is 1.43 Å². The van der Waals surface area contributed by atoms with E-state index in [2.05, 4.69) is 0 Å². The Morgan fingerprint density at radius 2 is 1.25 bits per heavy atom. The van der Waals surface area contributed by atoms with E-state index in [0.29, 0.717) is 0 Å². The fourth-order valence-corrected chi connectivity index (χ4v) is 0. The van der Waals surface area contributed by atoms with Crippen molar-refractivity contribution in [1.29, 1.82) is 0 Å². The van der Waals surface area contributed by atoms with Crippen molar-refractivity contribution in [2.24, 2.45) is 0 Å². The van der Waals surface area contributed by atoms with Gasteiger partial charge in [-0.3, -0.25) is 0 Å². The number of phosphoric acid groups is 1. The van der Waals surface area contributed by atoms with E-state index >= 15 is 0 Å².